The van der Waals surface area contributed by atoms with Crippen molar-refractivity contribution in [3.05, 3.63) is 46.2 Å². The van der Waals surface area contributed by atoms with Crippen LogP contribution in [-0.2, 0) is 17.8 Å². The number of para-hydroxylation sites is 1. The van der Waals surface area contributed by atoms with Gasteiger partial charge in [0, 0.05) is 18.8 Å². The van der Waals surface area contributed by atoms with E-state index in [0.717, 1.165) is 31.0 Å². The minimum atomic E-state index is -0.310. The van der Waals surface area contributed by atoms with Crippen molar-refractivity contribution >= 4 is 23.4 Å². The molecule has 6 nitrogen and oxygen atoms in total. The van der Waals surface area contributed by atoms with E-state index in [-0.39, 0.29) is 23.1 Å². The van der Waals surface area contributed by atoms with Gasteiger partial charge in [-0.15, -0.1) is 0 Å². The fraction of sp³-hybridized carbons (Fsp3) is 0.389. The highest BCUT2D eigenvalue weighted by atomic mass is 32.2. The SMILES string of the molecule is CCCn1c(SCC(=O)N2CCCc3ccccc32)nc(O)cc1=O. The summed E-state index contributed by atoms with van der Waals surface area (Å²) >= 11 is 1.19. The van der Waals surface area contributed by atoms with Crippen LogP contribution in [0.4, 0.5) is 5.69 Å². The first-order valence-corrected chi connectivity index (χ1v) is 9.40. The van der Waals surface area contributed by atoms with Crippen LogP contribution in [0.2, 0.25) is 0 Å². The Hall–Kier alpha value is -2.28. The van der Waals surface area contributed by atoms with Crippen LogP contribution in [0.5, 0.6) is 5.88 Å². The molecule has 0 saturated carbocycles. The number of fused-ring (bicyclic) bond motifs is 1. The standard InChI is InChI=1S/C18H21N3O3S/c1-2-9-21-16(23)11-15(22)19-18(21)25-12-17(24)20-10-5-7-13-6-3-4-8-14(13)20/h3-4,6,8,11,22H,2,5,7,9-10,12H2,1H3. The number of amides is 1. The third-order valence-electron chi connectivity index (χ3n) is 4.14. The molecule has 7 heteroatoms. The van der Waals surface area contributed by atoms with Crippen LogP contribution in [-0.4, -0.2) is 32.9 Å². The smallest absolute Gasteiger partial charge is 0.257 e. The van der Waals surface area contributed by atoms with Gasteiger partial charge < -0.3 is 10.0 Å². The zero-order valence-corrected chi connectivity index (χ0v) is 15.0. The first-order chi connectivity index (χ1) is 12.1. The van der Waals surface area contributed by atoms with Crippen molar-refractivity contribution in [2.75, 3.05) is 17.2 Å². The van der Waals surface area contributed by atoms with Gasteiger partial charge in [0.05, 0.1) is 11.8 Å². The Labute approximate surface area is 150 Å². The van der Waals surface area contributed by atoms with Gasteiger partial charge in [-0.05, 0) is 30.9 Å². The van der Waals surface area contributed by atoms with Crippen molar-refractivity contribution in [3.8, 4) is 5.88 Å². The maximum atomic E-state index is 12.7. The molecule has 0 bridgehead atoms. The highest BCUT2D eigenvalue weighted by Gasteiger charge is 2.22. The quantitative estimate of drug-likeness (QED) is 0.655. The van der Waals surface area contributed by atoms with Crippen molar-refractivity contribution in [2.45, 2.75) is 37.9 Å². The number of aryl methyl sites for hydroxylation is 1. The molecule has 1 amide bonds. The molecule has 1 N–H and O–H groups in total. The number of hydrogen-bond donors (Lipinski definition) is 1. The number of thioether (sulfide) groups is 1. The highest BCUT2D eigenvalue weighted by molar-refractivity contribution is 7.99. The molecule has 0 atom stereocenters. The maximum Gasteiger partial charge on any atom is 0.257 e. The largest absolute Gasteiger partial charge is 0.493 e. The van der Waals surface area contributed by atoms with Crippen LogP contribution in [0.25, 0.3) is 0 Å². The Morgan fingerprint density at radius 1 is 1.36 bits per heavy atom. The molecule has 0 fully saturated rings. The average molecular weight is 359 g/mol. The molecule has 1 aromatic carbocycles. The lowest BCUT2D eigenvalue weighted by Crippen LogP contribution is -2.36. The van der Waals surface area contributed by atoms with Crippen molar-refractivity contribution in [2.24, 2.45) is 0 Å². The molecule has 0 aliphatic carbocycles. The Morgan fingerprint density at radius 3 is 2.96 bits per heavy atom. The van der Waals surface area contributed by atoms with E-state index in [1.54, 1.807) is 4.90 Å². The van der Waals surface area contributed by atoms with Gasteiger partial charge in [-0.25, -0.2) is 0 Å². The number of carbonyl (C=O) groups is 1. The third-order valence-corrected chi connectivity index (χ3v) is 5.10. The lowest BCUT2D eigenvalue weighted by molar-refractivity contribution is -0.116. The molecule has 3 rings (SSSR count). The zero-order valence-electron chi connectivity index (χ0n) is 14.1. The monoisotopic (exact) mass is 359 g/mol. The zero-order chi connectivity index (χ0) is 17.8. The molecular weight excluding hydrogens is 338 g/mol. The topological polar surface area (TPSA) is 75.4 Å². The van der Waals surface area contributed by atoms with Crippen LogP contribution in [0.3, 0.4) is 0 Å². The van der Waals surface area contributed by atoms with Gasteiger partial charge in [0.1, 0.15) is 0 Å². The highest BCUT2D eigenvalue weighted by Crippen LogP contribution is 2.28. The molecule has 0 unspecified atom stereocenters. The third kappa shape index (κ3) is 3.87. The lowest BCUT2D eigenvalue weighted by atomic mass is 10.0. The number of carbonyl (C=O) groups excluding carboxylic acids is 1. The van der Waals surface area contributed by atoms with Gasteiger partial charge in [-0.1, -0.05) is 36.9 Å². The number of rotatable bonds is 5. The maximum absolute atomic E-state index is 12.7. The second-order valence-corrected chi connectivity index (χ2v) is 6.90. The van der Waals surface area contributed by atoms with Crippen LogP contribution < -0.4 is 10.5 Å². The first kappa shape index (κ1) is 17.5. The fourth-order valence-electron chi connectivity index (χ4n) is 3.01. The molecule has 25 heavy (non-hydrogen) atoms. The second-order valence-electron chi connectivity index (χ2n) is 5.95. The minimum absolute atomic E-state index is 0.0159. The van der Waals surface area contributed by atoms with E-state index in [4.69, 9.17) is 0 Å². The minimum Gasteiger partial charge on any atom is -0.493 e. The second kappa shape index (κ2) is 7.74. The van der Waals surface area contributed by atoms with Crippen LogP contribution >= 0.6 is 11.8 Å². The summed E-state index contributed by atoms with van der Waals surface area (Å²) in [5.74, 6) is -0.151. The Morgan fingerprint density at radius 2 is 2.16 bits per heavy atom. The number of benzene rings is 1. The summed E-state index contributed by atoms with van der Waals surface area (Å²) in [5.41, 5.74) is 1.85. The van der Waals surface area contributed by atoms with E-state index < -0.39 is 0 Å². The summed E-state index contributed by atoms with van der Waals surface area (Å²) in [6, 6.07) is 9.05. The van der Waals surface area contributed by atoms with Crippen molar-refractivity contribution < 1.29 is 9.90 Å². The molecule has 0 radical (unpaired) electrons. The van der Waals surface area contributed by atoms with Gasteiger partial charge in [-0.2, -0.15) is 4.98 Å². The number of hydrogen-bond acceptors (Lipinski definition) is 5. The van der Waals surface area contributed by atoms with Gasteiger partial charge in [0.25, 0.3) is 5.56 Å². The van der Waals surface area contributed by atoms with E-state index in [0.29, 0.717) is 18.2 Å². The summed E-state index contributed by atoms with van der Waals surface area (Å²) in [7, 11) is 0. The molecule has 132 valence electrons. The molecule has 2 heterocycles. The Kier molecular flexibility index (Phi) is 5.43. The van der Waals surface area contributed by atoms with Crippen molar-refractivity contribution in [3.63, 3.8) is 0 Å². The van der Waals surface area contributed by atoms with E-state index in [1.165, 1.54) is 21.9 Å². The molecule has 0 saturated heterocycles. The van der Waals surface area contributed by atoms with E-state index in [9.17, 15) is 14.7 Å². The van der Waals surface area contributed by atoms with Gasteiger partial charge in [0.2, 0.25) is 11.8 Å². The predicted molar refractivity (Wildman–Crippen MR) is 98.3 cm³/mol. The van der Waals surface area contributed by atoms with Crippen LogP contribution in [0, 0.1) is 0 Å². The van der Waals surface area contributed by atoms with Crippen LogP contribution in [0.1, 0.15) is 25.3 Å². The van der Waals surface area contributed by atoms with E-state index in [1.807, 2.05) is 25.1 Å². The summed E-state index contributed by atoms with van der Waals surface area (Å²) in [6.07, 6.45) is 2.70. The first-order valence-electron chi connectivity index (χ1n) is 8.42. The van der Waals surface area contributed by atoms with E-state index in [2.05, 4.69) is 11.1 Å². The van der Waals surface area contributed by atoms with Gasteiger partial charge >= 0.3 is 0 Å². The van der Waals surface area contributed by atoms with Crippen molar-refractivity contribution in [1.29, 1.82) is 0 Å². The summed E-state index contributed by atoms with van der Waals surface area (Å²) in [6.45, 7) is 3.17. The number of anilines is 1. The molecule has 1 aliphatic heterocycles. The normalized spacial score (nSPS) is 13.6. The summed E-state index contributed by atoms with van der Waals surface area (Å²) in [4.78, 5) is 30.5. The summed E-state index contributed by atoms with van der Waals surface area (Å²) in [5, 5.41) is 9.98. The summed E-state index contributed by atoms with van der Waals surface area (Å²) < 4.78 is 1.50. The lowest BCUT2D eigenvalue weighted by Gasteiger charge is -2.29. The number of aromatic nitrogens is 2. The number of aromatic hydroxyl groups is 1. The Balaban J connectivity index is 1.77. The molecular formula is C18H21N3O3S. The van der Waals surface area contributed by atoms with E-state index >= 15 is 0 Å². The van der Waals surface area contributed by atoms with Crippen molar-refractivity contribution in [1.82, 2.24) is 9.55 Å². The molecule has 2 aromatic rings. The average Bonchev–Trinajstić information content (AvgIpc) is 2.61. The van der Waals surface area contributed by atoms with Crippen LogP contribution in [0.15, 0.2) is 40.3 Å². The van der Waals surface area contributed by atoms with Gasteiger partial charge in [0.15, 0.2) is 5.16 Å². The molecule has 1 aromatic heterocycles. The number of nitrogens with zero attached hydrogens (tertiary/aromatic N) is 3. The Bertz CT molecular complexity index is 835. The predicted octanol–water partition coefficient (Wildman–Crippen LogP) is 2.43. The fourth-order valence-corrected chi connectivity index (χ4v) is 3.91. The molecule has 1 aliphatic rings. The van der Waals surface area contributed by atoms with Gasteiger partial charge in [-0.3, -0.25) is 14.2 Å². The molecule has 0 spiro atoms.